The minimum atomic E-state index is -3.45. The zero-order chi connectivity index (χ0) is 16.9. The van der Waals surface area contributed by atoms with Crippen molar-refractivity contribution >= 4 is 15.7 Å². The van der Waals surface area contributed by atoms with Gasteiger partial charge in [-0.15, -0.1) is 0 Å². The zero-order valence-electron chi connectivity index (χ0n) is 13.1. The van der Waals surface area contributed by atoms with Gasteiger partial charge in [0, 0.05) is 6.26 Å². The molecule has 1 amide bonds. The van der Waals surface area contributed by atoms with Gasteiger partial charge in [0.05, 0.1) is 17.0 Å². The third kappa shape index (κ3) is 4.82. The minimum absolute atomic E-state index is 0.0251. The van der Waals surface area contributed by atoms with Crippen LogP contribution in [0, 0.1) is 6.92 Å². The smallest absolute Gasteiger partial charge is 0.252 e. The molecule has 0 saturated carbocycles. The van der Waals surface area contributed by atoms with E-state index in [0.29, 0.717) is 6.61 Å². The highest BCUT2D eigenvalue weighted by Crippen LogP contribution is 2.15. The number of rotatable bonds is 6. The highest BCUT2D eigenvalue weighted by atomic mass is 32.2. The van der Waals surface area contributed by atoms with Crippen molar-refractivity contribution in [1.82, 2.24) is 5.32 Å². The molecule has 0 bridgehead atoms. The summed E-state index contributed by atoms with van der Waals surface area (Å²) >= 11 is 0. The molecular formula is C17H19NO4S. The highest BCUT2D eigenvalue weighted by Gasteiger charge is 2.17. The molecule has 2 aromatic rings. The first-order chi connectivity index (χ1) is 10.9. The first-order valence-electron chi connectivity index (χ1n) is 7.14. The third-order valence-corrected chi connectivity index (χ3v) is 4.33. The molecule has 0 radical (unpaired) electrons. The molecular weight excluding hydrogens is 314 g/mol. The fraction of sp³-hybridized carbons (Fsp3) is 0.235. The monoisotopic (exact) mass is 333 g/mol. The van der Waals surface area contributed by atoms with Crippen LogP contribution in [0.25, 0.3) is 0 Å². The van der Waals surface area contributed by atoms with Gasteiger partial charge in [-0.2, -0.15) is 0 Å². The summed E-state index contributed by atoms with van der Waals surface area (Å²) in [6, 6.07) is 13.7. The Morgan fingerprint density at radius 3 is 2.57 bits per heavy atom. The van der Waals surface area contributed by atoms with E-state index in [4.69, 9.17) is 4.74 Å². The van der Waals surface area contributed by atoms with Crippen LogP contribution in [0.3, 0.4) is 0 Å². The predicted octanol–water partition coefficient (Wildman–Crippen LogP) is 2.21. The molecule has 0 heterocycles. The fourth-order valence-corrected chi connectivity index (χ4v) is 3.00. The van der Waals surface area contributed by atoms with Crippen LogP contribution in [0.15, 0.2) is 53.4 Å². The van der Waals surface area contributed by atoms with Crippen LogP contribution >= 0.6 is 0 Å². The van der Waals surface area contributed by atoms with Gasteiger partial charge in [0.1, 0.15) is 12.4 Å². The van der Waals surface area contributed by atoms with Gasteiger partial charge in [0.25, 0.3) is 5.91 Å². The highest BCUT2D eigenvalue weighted by molar-refractivity contribution is 7.90. The SMILES string of the molecule is Cc1cccc(OCCNC(=O)c2ccccc2S(C)(=O)=O)c1. The van der Waals surface area contributed by atoms with Crippen LogP contribution < -0.4 is 10.1 Å². The molecule has 122 valence electrons. The lowest BCUT2D eigenvalue weighted by Gasteiger charge is -2.10. The van der Waals surface area contributed by atoms with E-state index in [1.54, 1.807) is 12.1 Å². The van der Waals surface area contributed by atoms with Crippen LogP contribution in [-0.2, 0) is 9.84 Å². The van der Waals surface area contributed by atoms with E-state index in [1.165, 1.54) is 12.1 Å². The van der Waals surface area contributed by atoms with E-state index in [2.05, 4.69) is 5.32 Å². The lowest BCUT2D eigenvalue weighted by Crippen LogP contribution is -2.29. The number of sulfone groups is 1. The Hall–Kier alpha value is -2.34. The van der Waals surface area contributed by atoms with E-state index >= 15 is 0 Å². The lowest BCUT2D eigenvalue weighted by atomic mass is 10.2. The predicted molar refractivity (Wildman–Crippen MR) is 88.6 cm³/mol. The number of aryl methyl sites for hydroxylation is 1. The average molecular weight is 333 g/mol. The molecule has 1 N–H and O–H groups in total. The van der Waals surface area contributed by atoms with Crippen molar-refractivity contribution in [3.63, 3.8) is 0 Å². The summed E-state index contributed by atoms with van der Waals surface area (Å²) in [4.78, 5) is 12.2. The zero-order valence-corrected chi connectivity index (χ0v) is 13.9. The van der Waals surface area contributed by atoms with Gasteiger partial charge >= 0.3 is 0 Å². The minimum Gasteiger partial charge on any atom is -0.492 e. The Labute approximate surface area is 136 Å². The molecule has 0 aromatic heterocycles. The van der Waals surface area contributed by atoms with Crippen molar-refractivity contribution in [1.29, 1.82) is 0 Å². The largest absolute Gasteiger partial charge is 0.492 e. The van der Waals surface area contributed by atoms with Crippen LogP contribution in [-0.4, -0.2) is 33.7 Å². The molecule has 0 unspecified atom stereocenters. The number of ether oxygens (including phenoxy) is 1. The first-order valence-corrected chi connectivity index (χ1v) is 9.04. The van der Waals surface area contributed by atoms with Gasteiger partial charge in [0.15, 0.2) is 9.84 Å². The Bertz CT molecular complexity index is 800. The van der Waals surface area contributed by atoms with Crippen molar-refractivity contribution in [2.24, 2.45) is 0 Å². The van der Waals surface area contributed by atoms with Gasteiger partial charge in [-0.25, -0.2) is 8.42 Å². The summed E-state index contributed by atoms with van der Waals surface area (Å²) in [5.41, 5.74) is 1.24. The van der Waals surface area contributed by atoms with Gasteiger partial charge in [0.2, 0.25) is 0 Å². The van der Waals surface area contributed by atoms with E-state index < -0.39 is 15.7 Å². The standard InChI is InChI=1S/C17H19NO4S/c1-13-6-5-7-14(12-13)22-11-10-18-17(19)15-8-3-4-9-16(15)23(2,20)21/h3-9,12H,10-11H2,1-2H3,(H,18,19). The number of hydrogen-bond acceptors (Lipinski definition) is 4. The topological polar surface area (TPSA) is 72.5 Å². The molecule has 0 fully saturated rings. The van der Waals surface area contributed by atoms with Crippen molar-refractivity contribution in [3.8, 4) is 5.75 Å². The van der Waals surface area contributed by atoms with Crippen molar-refractivity contribution < 1.29 is 17.9 Å². The maximum atomic E-state index is 12.1. The van der Waals surface area contributed by atoms with E-state index in [0.717, 1.165) is 17.6 Å². The number of carbonyl (C=O) groups is 1. The van der Waals surface area contributed by atoms with Crippen molar-refractivity contribution in [2.75, 3.05) is 19.4 Å². The van der Waals surface area contributed by atoms with Crippen molar-refractivity contribution in [2.45, 2.75) is 11.8 Å². The molecule has 6 heteroatoms. The number of benzene rings is 2. The van der Waals surface area contributed by atoms with Crippen molar-refractivity contribution in [3.05, 3.63) is 59.7 Å². The second-order valence-electron chi connectivity index (χ2n) is 5.19. The normalized spacial score (nSPS) is 11.0. The van der Waals surface area contributed by atoms with Crippen LogP contribution in [0.1, 0.15) is 15.9 Å². The molecule has 0 spiro atoms. The summed E-state index contributed by atoms with van der Waals surface area (Å²) in [7, 11) is -3.45. The van der Waals surface area contributed by atoms with Gasteiger partial charge in [-0.3, -0.25) is 4.79 Å². The Morgan fingerprint density at radius 1 is 1.13 bits per heavy atom. The molecule has 2 aromatic carbocycles. The summed E-state index contributed by atoms with van der Waals surface area (Å²) in [5, 5.41) is 2.67. The van der Waals surface area contributed by atoms with Crippen LogP contribution in [0.2, 0.25) is 0 Å². The Kier molecular flexibility index (Phi) is 5.39. The lowest BCUT2D eigenvalue weighted by molar-refractivity contribution is 0.0943. The molecule has 2 rings (SSSR count). The van der Waals surface area contributed by atoms with Gasteiger partial charge < -0.3 is 10.1 Å². The molecule has 0 aliphatic heterocycles. The summed E-state index contributed by atoms with van der Waals surface area (Å²) < 4.78 is 28.9. The maximum Gasteiger partial charge on any atom is 0.252 e. The number of carbonyl (C=O) groups excluding carboxylic acids is 1. The second kappa shape index (κ2) is 7.28. The summed E-state index contributed by atoms with van der Waals surface area (Å²) in [6.45, 7) is 2.55. The molecule has 5 nitrogen and oxygen atoms in total. The van der Waals surface area contributed by atoms with E-state index in [9.17, 15) is 13.2 Å². The number of nitrogens with one attached hydrogen (secondary N) is 1. The first kappa shape index (κ1) is 17.0. The number of amides is 1. The quantitative estimate of drug-likeness (QED) is 0.823. The fourth-order valence-electron chi connectivity index (χ4n) is 2.11. The van der Waals surface area contributed by atoms with E-state index in [-0.39, 0.29) is 17.0 Å². The molecule has 0 saturated heterocycles. The van der Waals surface area contributed by atoms with Gasteiger partial charge in [-0.05, 0) is 36.8 Å². The summed E-state index contributed by atoms with van der Waals surface area (Å²) in [5.74, 6) is 0.301. The molecule has 23 heavy (non-hydrogen) atoms. The molecule has 0 atom stereocenters. The van der Waals surface area contributed by atoms with Gasteiger partial charge in [-0.1, -0.05) is 24.3 Å². The summed E-state index contributed by atoms with van der Waals surface area (Å²) in [6.07, 6.45) is 1.08. The molecule has 0 aliphatic rings. The second-order valence-corrected chi connectivity index (χ2v) is 7.17. The average Bonchev–Trinajstić information content (AvgIpc) is 2.50. The third-order valence-electron chi connectivity index (χ3n) is 3.18. The Balaban J connectivity index is 1.93. The molecule has 0 aliphatic carbocycles. The van der Waals surface area contributed by atoms with E-state index in [1.807, 2.05) is 31.2 Å². The number of hydrogen-bond donors (Lipinski definition) is 1. The van der Waals surface area contributed by atoms with Crippen LogP contribution in [0.4, 0.5) is 0 Å². The van der Waals surface area contributed by atoms with Crippen LogP contribution in [0.5, 0.6) is 5.75 Å². The maximum absolute atomic E-state index is 12.1. The Morgan fingerprint density at radius 2 is 1.87 bits per heavy atom.